The van der Waals surface area contributed by atoms with Crippen LogP contribution < -0.4 is 10.1 Å². The van der Waals surface area contributed by atoms with Gasteiger partial charge in [-0.1, -0.05) is 30.3 Å². The van der Waals surface area contributed by atoms with Crippen LogP contribution in [-0.4, -0.2) is 23.2 Å². The highest BCUT2D eigenvalue weighted by molar-refractivity contribution is 7.14. The van der Waals surface area contributed by atoms with E-state index < -0.39 is 0 Å². The maximum absolute atomic E-state index is 5.48. The van der Waals surface area contributed by atoms with Crippen molar-refractivity contribution in [3.63, 3.8) is 0 Å². The first-order valence-corrected chi connectivity index (χ1v) is 9.99. The minimum Gasteiger partial charge on any atom is -0.497 e. The average Bonchev–Trinajstić information content (AvgIpc) is 3.25. The van der Waals surface area contributed by atoms with E-state index in [1.54, 1.807) is 18.4 Å². The molecule has 0 spiro atoms. The predicted molar refractivity (Wildman–Crippen MR) is 114 cm³/mol. The van der Waals surface area contributed by atoms with Crippen LogP contribution in [0.15, 0.2) is 53.9 Å². The molecule has 1 N–H and O–H groups in total. The van der Waals surface area contributed by atoms with Crippen molar-refractivity contribution in [3.8, 4) is 17.0 Å². The van der Waals surface area contributed by atoms with Crippen LogP contribution in [0.4, 0.5) is 5.13 Å². The zero-order valence-corrected chi connectivity index (χ0v) is 16.6. The van der Waals surface area contributed by atoms with Crippen LogP contribution in [0, 0.1) is 6.92 Å². The van der Waals surface area contributed by atoms with E-state index in [4.69, 9.17) is 9.72 Å². The van der Waals surface area contributed by atoms with Crippen molar-refractivity contribution >= 4 is 27.4 Å². The molecule has 0 aliphatic carbocycles. The molecule has 4 rings (SSSR count). The van der Waals surface area contributed by atoms with Crippen molar-refractivity contribution in [3.05, 3.63) is 65.2 Å². The molecule has 4 aromatic rings. The predicted octanol–water partition coefficient (Wildman–Crippen LogP) is 5.56. The number of methoxy groups -OCH3 is 1. The average molecular weight is 378 g/mol. The van der Waals surface area contributed by atoms with Crippen LogP contribution in [-0.2, 0) is 6.54 Å². The zero-order valence-electron chi connectivity index (χ0n) is 15.8. The van der Waals surface area contributed by atoms with Gasteiger partial charge >= 0.3 is 0 Å². The van der Waals surface area contributed by atoms with Crippen molar-refractivity contribution in [2.24, 2.45) is 0 Å². The van der Waals surface area contributed by atoms with Crippen LogP contribution in [0.25, 0.3) is 22.2 Å². The van der Waals surface area contributed by atoms with Crippen LogP contribution in [0.3, 0.4) is 0 Å². The minimum atomic E-state index is 0.833. The maximum Gasteiger partial charge on any atom is 0.183 e. The molecule has 0 aliphatic rings. The third kappa shape index (κ3) is 3.30. The minimum absolute atomic E-state index is 0.833. The first-order valence-electron chi connectivity index (χ1n) is 9.11. The molecule has 0 saturated heterocycles. The molecule has 5 heteroatoms. The Labute approximate surface area is 163 Å². The van der Waals surface area contributed by atoms with Crippen molar-refractivity contribution in [1.29, 1.82) is 0 Å². The molecular formula is C22H23N3OS. The summed E-state index contributed by atoms with van der Waals surface area (Å²) in [5.74, 6) is 0.864. The summed E-state index contributed by atoms with van der Waals surface area (Å²) >= 11 is 1.65. The Balaban J connectivity index is 1.89. The first kappa shape index (κ1) is 17.6. The number of fused-ring (bicyclic) bond motifs is 1. The fraction of sp³-hybridized carbons (Fsp3) is 0.227. The van der Waals surface area contributed by atoms with Gasteiger partial charge in [0.2, 0.25) is 0 Å². The topological polar surface area (TPSA) is 39.1 Å². The first-order chi connectivity index (χ1) is 13.2. The molecule has 138 valence electrons. The quantitative estimate of drug-likeness (QED) is 0.478. The second kappa shape index (κ2) is 7.45. The third-order valence-electron chi connectivity index (χ3n) is 4.80. The van der Waals surface area contributed by atoms with Crippen molar-refractivity contribution in [2.75, 3.05) is 19.0 Å². The Kier molecular flexibility index (Phi) is 4.86. The number of aromatic nitrogens is 2. The van der Waals surface area contributed by atoms with Gasteiger partial charge in [-0.15, -0.1) is 11.3 Å². The summed E-state index contributed by atoms with van der Waals surface area (Å²) in [5.41, 5.74) is 5.89. The SMILES string of the molecule is CCNc1nc(-c2c(C)n(Cc3ccccc3)c3ccc(OC)cc23)cs1. The summed E-state index contributed by atoms with van der Waals surface area (Å²) in [4.78, 5) is 4.81. The number of nitrogens with zero attached hydrogens (tertiary/aromatic N) is 2. The summed E-state index contributed by atoms with van der Waals surface area (Å²) < 4.78 is 7.85. The number of ether oxygens (including phenoxy) is 1. The van der Waals surface area contributed by atoms with E-state index in [1.165, 1.54) is 27.7 Å². The second-order valence-electron chi connectivity index (χ2n) is 6.48. The second-order valence-corrected chi connectivity index (χ2v) is 7.34. The van der Waals surface area contributed by atoms with Crippen LogP contribution >= 0.6 is 11.3 Å². The number of nitrogens with one attached hydrogen (secondary N) is 1. The number of rotatable bonds is 6. The molecule has 0 radical (unpaired) electrons. The molecule has 0 amide bonds. The highest BCUT2D eigenvalue weighted by Crippen LogP contribution is 2.38. The van der Waals surface area contributed by atoms with Crippen LogP contribution in [0.1, 0.15) is 18.2 Å². The summed E-state index contributed by atoms with van der Waals surface area (Å²) in [5, 5.41) is 7.58. The van der Waals surface area contributed by atoms with E-state index in [1.807, 2.05) is 6.07 Å². The molecule has 0 atom stereocenters. The van der Waals surface area contributed by atoms with Crippen molar-refractivity contribution < 1.29 is 4.74 Å². The number of hydrogen-bond donors (Lipinski definition) is 1. The smallest absolute Gasteiger partial charge is 0.183 e. The monoisotopic (exact) mass is 377 g/mol. The maximum atomic E-state index is 5.48. The number of benzene rings is 2. The summed E-state index contributed by atoms with van der Waals surface area (Å²) in [6.07, 6.45) is 0. The molecule has 2 aromatic carbocycles. The highest BCUT2D eigenvalue weighted by Gasteiger charge is 2.18. The summed E-state index contributed by atoms with van der Waals surface area (Å²) in [6, 6.07) is 16.8. The lowest BCUT2D eigenvalue weighted by atomic mass is 10.1. The Morgan fingerprint density at radius 1 is 1.15 bits per heavy atom. The van der Waals surface area contributed by atoms with E-state index in [9.17, 15) is 0 Å². The fourth-order valence-electron chi connectivity index (χ4n) is 3.50. The Morgan fingerprint density at radius 2 is 1.96 bits per heavy atom. The molecule has 0 unspecified atom stereocenters. The lowest BCUT2D eigenvalue weighted by Gasteiger charge is -2.09. The van der Waals surface area contributed by atoms with Crippen LogP contribution in [0.5, 0.6) is 5.75 Å². The van der Waals surface area contributed by atoms with Crippen molar-refractivity contribution in [1.82, 2.24) is 9.55 Å². The normalized spacial score (nSPS) is 11.1. The van der Waals surface area contributed by atoms with Gasteiger partial charge in [0, 0.05) is 40.6 Å². The van der Waals surface area contributed by atoms with Crippen molar-refractivity contribution in [2.45, 2.75) is 20.4 Å². The Bertz CT molecular complexity index is 1070. The van der Waals surface area contributed by atoms with Gasteiger partial charge in [0.1, 0.15) is 5.75 Å². The van der Waals surface area contributed by atoms with Gasteiger partial charge in [-0.2, -0.15) is 0 Å². The molecule has 2 heterocycles. The number of thiazole rings is 1. The van der Waals surface area contributed by atoms with E-state index >= 15 is 0 Å². The third-order valence-corrected chi connectivity index (χ3v) is 5.60. The molecule has 0 aliphatic heterocycles. The highest BCUT2D eigenvalue weighted by atomic mass is 32.1. The van der Waals surface area contributed by atoms with Gasteiger partial charge < -0.3 is 14.6 Å². The lowest BCUT2D eigenvalue weighted by molar-refractivity contribution is 0.415. The molecular weight excluding hydrogens is 354 g/mol. The zero-order chi connectivity index (χ0) is 18.8. The molecule has 27 heavy (non-hydrogen) atoms. The summed E-state index contributed by atoms with van der Waals surface area (Å²) in [6.45, 7) is 5.97. The molecule has 0 bridgehead atoms. The van der Waals surface area contributed by atoms with Gasteiger partial charge in [-0.05, 0) is 37.6 Å². The van der Waals surface area contributed by atoms with Gasteiger partial charge in [-0.25, -0.2) is 4.98 Å². The summed E-state index contributed by atoms with van der Waals surface area (Å²) in [7, 11) is 1.71. The molecule has 4 nitrogen and oxygen atoms in total. The molecule has 0 saturated carbocycles. The number of hydrogen-bond acceptors (Lipinski definition) is 4. The van der Waals surface area contributed by atoms with E-state index in [2.05, 4.69) is 71.6 Å². The largest absolute Gasteiger partial charge is 0.497 e. The Morgan fingerprint density at radius 3 is 2.70 bits per heavy atom. The van der Waals surface area contributed by atoms with Crippen LogP contribution in [0.2, 0.25) is 0 Å². The number of anilines is 1. The van der Waals surface area contributed by atoms with Gasteiger partial charge in [0.15, 0.2) is 5.13 Å². The van der Waals surface area contributed by atoms with Gasteiger partial charge in [-0.3, -0.25) is 0 Å². The van der Waals surface area contributed by atoms with E-state index in [0.29, 0.717) is 0 Å². The fourth-order valence-corrected chi connectivity index (χ4v) is 4.27. The van der Waals surface area contributed by atoms with E-state index in [0.717, 1.165) is 29.7 Å². The Hall–Kier alpha value is -2.79. The van der Waals surface area contributed by atoms with E-state index in [-0.39, 0.29) is 0 Å². The molecule has 0 fully saturated rings. The standard InChI is InChI=1S/C22H23N3OS/c1-4-23-22-24-19(14-27-22)21-15(2)25(13-16-8-6-5-7-9-16)20-11-10-17(26-3)12-18(20)21/h5-12,14H,4,13H2,1-3H3,(H,23,24). The lowest BCUT2D eigenvalue weighted by Crippen LogP contribution is -2.01. The van der Waals surface area contributed by atoms with Gasteiger partial charge in [0.25, 0.3) is 0 Å². The van der Waals surface area contributed by atoms with Gasteiger partial charge in [0.05, 0.1) is 12.8 Å². The molecule has 2 aromatic heterocycles.